The standard InChI is InChI=1S/C25H34N2O3/c1-3-22(28)7-5-4-6-19-8-10-21(11-9-19)18-24(26)25(29)27-17-16-20-12-14-23(30-2)15-13-20/h8-15,24H,3-7,16-18,26H2,1-2H3,(H,27,29)/t24-/m0/s1. The van der Waals surface area contributed by atoms with Crippen molar-refractivity contribution < 1.29 is 14.3 Å². The number of benzene rings is 2. The average molecular weight is 411 g/mol. The van der Waals surface area contributed by atoms with Crippen LogP contribution in [0.5, 0.6) is 5.75 Å². The fraction of sp³-hybridized carbons (Fsp3) is 0.440. The SMILES string of the molecule is CCC(=O)CCCCc1ccc(C[C@H](N)C(=O)NCCc2ccc(OC)cc2)cc1. The molecule has 5 heteroatoms. The molecular formula is C25H34N2O3. The number of hydrogen-bond donors (Lipinski definition) is 2. The number of ether oxygens (including phenoxy) is 1. The van der Waals surface area contributed by atoms with Gasteiger partial charge < -0.3 is 15.8 Å². The minimum absolute atomic E-state index is 0.131. The van der Waals surface area contributed by atoms with E-state index in [-0.39, 0.29) is 5.91 Å². The number of aryl methyl sites for hydroxylation is 1. The summed E-state index contributed by atoms with van der Waals surface area (Å²) in [7, 11) is 1.64. The smallest absolute Gasteiger partial charge is 0.237 e. The summed E-state index contributed by atoms with van der Waals surface area (Å²) in [6.45, 7) is 2.46. The highest BCUT2D eigenvalue weighted by Crippen LogP contribution is 2.12. The summed E-state index contributed by atoms with van der Waals surface area (Å²) >= 11 is 0. The van der Waals surface area contributed by atoms with Crippen LogP contribution in [0.3, 0.4) is 0 Å². The van der Waals surface area contributed by atoms with Gasteiger partial charge in [0.15, 0.2) is 0 Å². The number of ketones is 1. The van der Waals surface area contributed by atoms with E-state index >= 15 is 0 Å². The van der Waals surface area contributed by atoms with E-state index in [2.05, 4.69) is 17.4 Å². The van der Waals surface area contributed by atoms with Crippen LogP contribution in [0.1, 0.15) is 49.3 Å². The minimum Gasteiger partial charge on any atom is -0.497 e. The maximum atomic E-state index is 12.3. The van der Waals surface area contributed by atoms with E-state index in [9.17, 15) is 9.59 Å². The zero-order valence-electron chi connectivity index (χ0n) is 18.2. The molecule has 0 aromatic heterocycles. The van der Waals surface area contributed by atoms with Gasteiger partial charge in [0.25, 0.3) is 0 Å². The number of Topliss-reactive ketones (excluding diaryl/α,β-unsaturated/α-hetero) is 1. The Balaban J connectivity index is 1.69. The predicted molar refractivity (Wildman–Crippen MR) is 121 cm³/mol. The Morgan fingerprint density at radius 3 is 2.17 bits per heavy atom. The topological polar surface area (TPSA) is 81.4 Å². The second-order valence-electron chi connectivity index (χ2n) is 7.62. The van der Waals surface area contributed by atoms with Gasteiger partial charge in [0, 0.05) is 19.4 Å². The number of carbonyl (C=O) groups is 2. The van der Waals surface area contributed by atoms with Crippen LogP contribution >= 0.6 is 0 Å². The number of rotatable bonds is 13. The summed E-state index contributed by atoms with van der Waals surface area (Å²) in [4.78, 5) is 23.6. The molecule has 0 saturated heterocycles. The van der Waals surface area contributed by atoms with Gasteiger partial charge in [0.2, 0.25) is 5.91 Å². The molecule has 0 radical (unpaired) electrons. The Kier molecular flexibility index (Phi) is 10.1. The molecule has 2 aromatic rings. The van der Waals surface area contributed by atoms with Crippen molar-refractivity contribution in [2.45, 2.75) is 57.9 Å². The Morgan fingerprint density at radius 1 is 0.933 bits per heavy atom. The fourth-order valence-corrected chi connectivity index (χ4v) is 3.27. The van der Waals surface area contributed by atoms with Gasteiger partial charge in [-0.2, -0.15) is 0 Å². The third kappa shape index (κ3) is 8.37. The highest BCUT2D eigenvalue weighted by atomic mass is 16.5. The van der Waals surface area contributed by atoms with Gasteiger partial charge in [0.05, 0.1) is 13.2 Å². The molecule has 0 aliphatic carbocycles. The summed E-state index contributed by atoms with van der Waals surface area (Å²) in [6, 6.07) is 15.5. The van der Waals surface area contributed by atoms with E-state index in [1.54, 1.807) is 7.11 Å². The molecule has 1 amide bonds. The first-order valence-electron chi connectivity index (χ1n) is 10.8. The molecule has 2 rings (SSSR count). The molecule has 0 unspecified atom stereocenters. The average Bonchev–Trinajstić information content (AvgIpc) is 2.77. The molecule has 0 aliphatic heterocycles. The van der Waals surface area contributed by atoms with Crippen LogP contribution < -0.4 is 15.8 Å². The Bertz CT molecular complexity index is 785. The van der Waals surface area contributed by atoms with Crippen molar-refractivity contribution in [1.82, 2.24) is 5.32 Å². The first-order chi connectivity index (χ1) is 14.5. The number of nitrogens with two attached hydrogens (primary N) is 1. The largest absolute Gasteiger partial charge is 0.497 e. The lowest BCUT2D eigenvalue weighted by Gasteiger charge is -2.13. The highest BCUT2D eigenvalue weighted by Gasteiger charge is 2.13. The maximum Gasteiger partial charge on any atom is 0.237 e. The molecule has 0 aliphatic rings. The predicted octanol–water partition coefficient (Wildman–Crippen LogP) is 3.62. The second kappa shape index (κ2) is 12.8. The number of unbranched alkanes of at least 4 members (excludes halogenated alkanes) is 1. The molecule has 30 heavy (non-hydrogen) atoms. The molecule has 162 valence electrons. The third-order valence-corrected chi connectivity index (χ3v) is 5.25. The van der Waals surface area contributed by atoms with Gasteiger partial charge in [-0.15, -0.1) is 0 Å². The van der Waals surface area contributed by atoms with Gasteiger partial charge in [-0.25, -0.2) is 0 Å². The van der Waals surface area contributed by atoms with Crippen LogP contribution in [-0.2, 0) is 28.9 Å². The summed E-state index contributed by atoms with van der Waals surface area (Å²) in [5, 5.41) is 2.92. The first-order valence-corrected chi connectivity index (χ1v) is 10.8. The normalized spacial score (nSPS) is 11.7. The van der Waals surface area contributed by atoms with E-state index in [1.165, 1.54) is 5.56 Å². The molecule has 0 spiro atoms. The van der Waals surface area contributed by atoms with Crippen molar-refractivity contribution in [3.8, 4) is 5.75 Å². The second-order valence-corrected chi connectivity index (χ2v) is 7.62. The lowest BCUT2D eigenvalue weighted by molar-refractivity contribution is -0.122. The van der Waals surface area contributed by atoms with Crippen molar-refractivity contribution in [2.75, 3.05) is 13.7 Å². The van der Waals surface area contributed by atoms with Gasteiger partial charge in [-0.05, 0) is 60.9 Å². The molecule has 0 fully saturated rings. The van der Waals surface area contributed by atoms with Gasteiger partial charge >= 0.3 is 0 Å². The molecule has 0 heterocycles. The molecule has 0 bridgehead atoms. The summed E-state index contributed by atoms with van der Waals surface area (Å²) in [5.74, 6) is 1.03. The van der Waals surface area contributed by atoms with E-state index in [1.807, 2.05) is 43.3 Å². The summed E-state index contributed by atoms with van der Waals surface area (Å²) < 4.78 is 5.15. The Labute approximate surface area is 180 Å². The minimum atomic E-state index is -0.563. The quantitative estimate of drug-likeness (QED) is 0.494. The first kappa shape index (κ1) is 23.6. The van der Waals surface area contributed by atoms with Crippen molar-refractivity contribution in [1.29, 1.82) is 0 Å². The maximum absolute atomic E-state index is 12.3. The van der Waals surface area contributed by atoms with E-state index < -0.39 is 6.04 Å². The Hall–Kier alpha value is -2.66. The monoisotopic (exact) mass is 410 g/mol. The zero-order chi connectivity index (χ0) is 21.8. The molecule has 5 nitrogen and oxygen atoms in total. The highest BCUT2D eigenvalue weighted by molar-refractivity contribution is 5.81. The molecule has 0 saturated carbocycles. The number of carbonyl (C=O) groups excluding carboxylic acids is 2. The molecule has 1 atom stereocenters. The van der Waals surface area contributed by atoms with Crippen LogP contribution in [-0.4, -0.2) is 31.4 Å². The van der Waals surface area contributed by atoms with Crippen LogP contribution in [0.25, 0.3) is 0 Å². The van der Waals surface area contributed by atoms with Crippen LogP contribution in [0.15, 0.2) is 48.5 Å². The van der Waals surface area contributed by atoms with Crippen LogP contribution in [0.4, 0.5) is 0 Å². The molecule has 2 aromatic carbocycles. The number of methoxy groups -OCH3 is 1. The summed E-state index contributed by atoms with van der Waals surface area (Å²) in [5.41, 5.74) is 9.53. The van der Waals surface area contributed by atoms with Crippen molar-refractivity contribution in [2.24, 2.45) is 5.73 Å². The van der Waals surface area contributed by atoms with E-state index in [0.29, 0.717) is 31.6 Å². The lowest BCUT2D eigenvalue weighted by atomic mass is 10.0. The molecular weight excluding hydrogens is 376 g/mol. The number of amides is 1. The fourth-order valence-electron chi connectivity index (χ4n) is 3.27. The van der Waals surface area contributed by atoms with Gasteiger partial charge in [-0.3, -0.25) is 9.59 Å². The van der Waals surface area contributed by atoms with Crippen molar-refractivity contribution in [3.05, 3.63) is 65.2 Å². The number of hydrogen-bond acceptors (Lipinski definition) is 4. The van der Waals surface area contributed by atoms with Crippen LogP contribution in [0.2, 0.25) is 0 Å². The zero-order valence-corrected chi connectivity index (χ0v) is 18.2. The van der Waals surface area contributed by atoms with E-state index in [4.69, 9.17) is 10.5 Å². The molecule has 3 N–H and O–H groups in total. The van der Waals surface area contributed by atoms with Crippen LogP contribution in [0, 0.1) is 0 Å². The Morgan fingerprint density at radius 2 is 1.53 bits per heavy atom. The third-order valence-electron chi connectivity index (χ3n) is 5.25. The van der Waals surface area contributed by atoms with Crippen molar-refractivity contribution >= 4 is 11.7 Å². The van der Waals surface area contributed by atoms with Gasteiger partial charge in [0.1, 0.15) is 11.5 Å². The summed E-state index contributed by atoms with van der Waals surface area (Å²) in [6.07, 6.45) is 5.49. The number of nitrogens with one attached hydrogen (secondary N) is 1. The van der Waals surface area contributed by atoms with Crippen molar-refractivity contribution in [3.63, 3.8) is 0 Å². The van der Waals surface area contributed by atoms with Gasteiger partial charge in [-0.1, -0.05) is 43.3 Å². The van der Waals surface area contributed by atoms with E-state index in [0.717, 1.165) is 42.6 Å². The lowest BCUT2D eigenvalue weighted by Crippen LogP contribution is -2.42.